The van der Waals surface area contributed by atoms with Gasteiger partial charge in [0.25, 0.3) is 0 Å². The summed E-state index contributed by atoms with van der Waals surface area (Å²) in [5, 5.41) is 8.94. The number of nitrogens with zero attached hydrogens (tertiary/aromatic N) is 1. The van der Waals surface area contributed by atoms with E-state index >= 15 is 4.39 Å². The van der Waals surface area contributed by atoms with E-state index in [0.717, 1.165) is 65.4 Å². The second kappa shape index (κ2) is 12.7. The second-order valence-corrected chi connectivity index (χ2v) is 16.5. The molecular formula is C44H25F4INTl. The minimum absolute atomic E-state index is 0.0896. The Balaban J connectivity index is 1.41. The predicted molar refractivity (Wildman–Crippen MR) is 210 cm³/mol. The van der Waals surface area contributed by atoms with E-state index in [1.807, 2.05) is 46.9 Å². The first-order chi connectivity index (χ1) is 24.8. The fraction of sp³-hybridized carbons (Fsp3) is 0.0455. The van der Waals surface area contributed by atoms with Crippen molar-refractivity contribution >= 4 is 106 Å². The summed E-state index contributed by atoms with van der Waals surface area (Å²) in [6.07, 6.45) is 0.273. The average Bonchev–Trinajstić information content (AvgIpc) is 3.49. The van der Waals surface area contributed by atoms with Crippen LogP contribution in [0.1, 0.15) is 22.6 Å². The zero-order valence-electron chi connectivity index (χ0n) is 26.9. The normalized spacial score (nSPS) is 12.5. The number of aromatic nitrogens is 1. The molecule has 8 aromatic carbocycles. The molecule has 0 saturated carbocycles. The van der Waals surface area contributed by atoms with Crippen LogP contribution in [0.2, 0.25) is 0 Å². The summed E-state index contributed by atoms with van der Waals surface area (Å²) in [7, 11) is 0. The molecule has 9 aromatic rings. The van der Waals surface area contributed by atoms with Crippen molar-refractivity contribution < 1.29 is 17.6 Å². The van der Waals surface area contributed by atoms with E-state index in [0.29, 0.717) is 14.2 Å². The molecule has 1 nitrogen and oxygen atoms in total. The first-order valence-corrected chi connectivity index (χ1v) is 19.8. The van der Waals surface area contributed by atoms with E-state index in [-0.39, 0.29) is 35.8 Å². The van der Waals surface area contributed by atoms with Gasteiger partial charge in [-0.1, -0.05) is 60.7 Å². The fourth-order valence-electron chi connectivity index (χ4n) is 7.79. The summed E-state index contributed by atoms with van der Waals surface area (Å²) in [5.41, 5.74) is 5.13. The Hall–Kier alpha value is -4.29. The summed E-state index contributed by atoms with van der Waals surface area (Å²) in [4.78, 5) is 0. The number of hydrogen-bond acceptors (Lipinski definition) is 0. The molecule has 9 rings (SSSR count). The molecule has 0 unspecified atom stereocenters. The monoisotopic (exact) mass is 975 g/mol. The van der Waals surface area contributed by atoms with Crippen LogP contribution < -0.4 is 3.12 Å². The number of benzene rings is 8. The van der Waals surface area contributed by atoms with Crippen molar-refractivity contribution in [3.63, 3.8) is 0 Å². The van der Waals surface area contributed by atoms with E-state index in [4.69, 9.17) is 0 Å². The van der Waals surface area contributed by atoms with Crippen LogP contribution in [0.25, 0.3) is 59.8 Å². The van der Waals surface area contributed by atoms with Crippen molar-refractivity contribution in [2.24, 2.45) is 0 Å². The molecule has 0 aliphatic heterocycles. The Morgan fingerprint density at radius 3 is 2.00 bits per heavy atom. The van der Waals surface area contributed by atoms with Gasteiger partial charge in [-0.15, -0.1) is 0 Å². The van der Waals surface area contributed by atoms with E-state index in [9.17, 15) is 13.2 Å². The van der Waals surface area contributed by atoms with Crippen LogP contribution in [-0.2, 0) is 6.42 Å². The molecule has 0 spiro atoms. The SMILES string of the molecule is Fc1cc([C@H](Cc2cc(F)c(F)[c]([Tl])c2)c2ccc3c(c2)c2c4ccccc4c4ccc5ccccc5c4c2n3-c2ccccc2)cc(I)c1F. The zero-order chi connectivity index (χ0) is 35.0. The van der Waals surface area contributed by atoms with Crippen molar-refractivity contribution in [3.8, 4) is 5.69 Å². The van der Waals surface area contributed by atoms with Gasteiger partial charge in [-0.05, 0) is 5.39 Å². The summed E-state index contributed by atoms with van der Waals surface area (Å²) in [6, 6.07) is 43.7. The molecule has 0 bridgehead atoms. The molecule has 0 saturated heterocycles. The van der Waals surface area contributed by atoms with Crippen molar-refractivity contribution in [3.05, 3.63) is 177 Å². The summed E-state index contributed by atoms with van der Waals surface area (Å²) in [5.74, 6) is -4.03. The number of rotatable bonds is 5. The van der Waals surface area contributed by atoms with Crippen LogP contribution in [0.5, 0.6) is 0 Å². The number of para-hydroxylation sites is 1. The third-order valence-electron chi connectivity index (χ3n) is 10.0. The van der Waals surface area contributed by atoms with Gasteiger partial charge in [0.1, 0.15) is 0 Å². The van der Waals surface area contributed by atoms with Crippen LogP contribution >= 0.6 is 22.6 Å². The Morgan fingerprint density at radius 2 is 1.24 bits per heavy atom. The quantitative estimate of drug-likeness (QED) is 0.0532. The minimum atomic E-state index is -0.941. The number of fused-ring (bicyclic) bond motifs is 10. The van der Waals surface area contributed by atoms with Crippen molar-refractivity contribution in [2.75, 3.05) is 0 Å². The van der Waals surface area contributed by atoms with Crippen molar-refractivity contribution in [2.45, 2.75) is 12.3 Å². The van der Waals surface area contributed by atoms with Gasteiger partial charge < -0.3 is 0 Å². The molecule has 51 heavy (non-hydrogen) atoms. The van der Waals surface area contributed by atoms with E-state index in [1.165, 1.54) is 12.1 Å². The topological polar surface area (TPSA) is 4.93 Å². The summed E-state index contributed by atoms with van der Waals surface area (Å²) < 4.78 is 61.7. The standard InChI is InChI=1S/C44H25F4IN.Tl/c45-36-18-14-25(21-37(36)46)20-34(28-23-38(47)43(48)39(49)24-28)27-16-19-40-35(22-27)42-32-13-7-6-12-31(32)33-17-15-26-8-4-5-11-30(26)41(33)44(42)50(40)29-9-2-1-3-10-29;/h1-17,19,21-24,34H,20H2;/t34-;/m1./s1. The van der Waals surface area contributed by atoms with Crippen LogP contribution in [-0.4, -0.2) is 30.3 Å². The Bertz CT molecular complexity index is 2820. The molecule has 244 valence electrons. The van der Waals surface area contributed by atoms with Gasteiger partial charge in [-0.25, -0.2) is 0 Å². The van der Waals surface area contributed by atoms with Gasteiger partial charge in [0.2, 0.25) is 0 Å². The first kappa shape index (κ1) is 32.6. The summed E-state index contributed by atoms with van der Waals surface area (Å²) in [6.45, 7) is 0. The number of hydrogen-bond donors (Lipinski definition) is 0. The molecule has 0 aliphatic rings. The summed E-state index contributed by atoms with van der Waals surface area (Å²) >= 11 is 1.90. The van der Waals surface area contributed by atoms with Gasteiger partial charge in [-0.2, -0.15) is 0 Å². The van der Waals surface area contributed by atoms with Crippen LogP contribution in [0.3, 0.4) is 0 Å². The van der Waals surface area contributed by atoms with E-state index in [1.54, 1.807) is 12.1 Å². The molecule has 0 radical (unpaired) electrons. The van der Waals surface area contributed by atoms with Crippen LogP contribution in [0, 0.1) is 26.8 Å². The molecule has 0 N–H and O–H groups in total. The molecule has 7 heteroatoms. The van der Waals surface area contributed by atoms with E-state index in [2.05, 4.69) is 89.5 Å². The van der Waals surface area contributed by atoms with Gasteiger partial charge in [0.15, 0.2) is 0 Å². The third-order valence-corrected chi connectivity index (χ3v) is 12.4. The molecule has 1 heterocycles. The van der Waals surface area contributed by atoms with E-state index < -0.39 is 29.2 Å². The molecular weight excluding hydrogens is 950 g/mol. The van der Waals surface area contributed by atoms with Gasteiger partial charge in [-0.3, -0.25) is 0 Å². The molecule has 0 aliphatic carbocycles. The fourth-order valence-corrected chi connectivity index (χ4v) is 9.78. The van der Waals surface area contributed by atoms with Gasteiger partial charge >= 0.3 is 257 Å². The maximum atomic E-state index is 15.1. The maximum absolute atomic E-state index is 15.1. The zero-order valence-corrected chi connectivity index (χ0v) is 33.5. The second-order valence-electron chi connectivity index (χ2n) is 13.0. The predicted octanol–water partition coefficient (Wildman–Crippen LogP) is 11.6. The molecule has 1 atom stereocenters. The van der Waals surface area contributed by atoms with Crippen LogP contribution in [0.15, 0.2) is 133 Å². The Kier molecular flexibility index (Phi) is 8.14. The third kappa shape index (κ3) is 5.36. The number of halogens is 5. The van der Waals surface area contributed by atoms with Crippen molar-refractivity contribution in [1.82, 2.24) is 4.57 Å². The van der Waals surface area contributed by atoms with Crippen molar-refractivity contribution in [1.29, 1.82) is 0 Å². The molecule has 0 fully saturated rings. The average molecular weight is 975 g/mol. The first-order valence-electron chi connectivity index (χ1n) is 16.5. The Morgan fingerprint density at radius 1 is 0.569 bits per heavy atom. The van der Waals surface area contributed by atoms with Crippen LogP contribution in [0.4, 0.5) is 17.6 Å². The van der Waals surface area contributed by atoms with Gasteiger partial charge in [0, 0.05) is 0 Å². The van der Waals surface area contributed by atoms with Gasteiger partial charge in [0.05, 0.1) is 0 Å². The molecule has 1 aromatic heterocycles. The molecule has 0 amide bonds. The Labute approximate surface area is 320 Å².